The Hall–Kier alpha value is -0.900. The lowest BCUT2D eigenvalue weighted by molar-refractivity contribution is 0.351. The van der Waals surface area contributed by atoms with E-state index >= 15 is 0 Å². The molecule has 4 heteroatoms. The largest absolute Gasteiger partial charge is 0.316 e. The second-order valence-corrected chi connectivity index (χ2v) is 4.71. The molecule has 0 aliphatic heterocycles. The van der Waals surface area contributed by atoms with Gasteiger partial charge in [-0.05, 0) is 31.3 Å². The molecule has 1 aromatic heterocycles. The smallest absolute Gasteiger partial charge is 0.138 e. The Morgan fingerprint density at radius 3 is 2.69 bits per heavy atom. The minimum absolute atomic E-state index is 0.634. The van der Waals surface area contributed by atoms with Crippen LogP contribution in [0.2, 0.25) is 0 Å². The highest BCUT2D eigenvalue weighted by atomic mass is 15.3. The van der Waals surface area contributed by atoms with Crippen molar-refractivity contribution in [1.82, 2.24) is 20.1 Å². The number of nitrogens with one attached hydrogen (secondary N) is 1. The van der Waals surface area contributed by atoms with Crippen molar-refractivity contribution in [3.05, 3.63) is 12.2 Å². The minimum atomic E-state index is 0.634. The van der Waals surface area contributed by atoms with Gasteiger partial charge in [-0.1, -0.05) is 20.8 Å². The van der Waals surface area contributed by atoms with Crippen LogP contribution in [0.4, 0.5) is 0 Å². The molecule has 0 fully saturated rings. The number of nitrogens with zero attached hydrogens (tertiary/aromatic N) is 3. The van der Waals surface area contributed by atoms with Gasteiger partial charge in [0.1, 0.15) is 12.2 Å². The zero-order valence-corrected chi connectivity index (χ0v) is 10.9. The SMILES string of the molecule is CCCNCC(Cc1ncnn1C)C(C)C. The first kappa shape index (κ1) is 13.2. The monoisotopic (exact) mass is 224 g/mol. The third-order valence-electron chi connectivity index (χ3n) is 3.03. The summed E-state index contributed by atoms with van der Waals surface area (Å²) in [5, 5.41) is 7.60. The summed E-state index contributed by atoms with van der Waals surface area (Å²) < 4.78 is 1.87. The van der Waals surface area contributed by atoms with Crippen LogP contribution in [0, 0.1) is 11.8 Å². The van der Waals surface area contributed by atoms with Crippen molar-refractivity contribution >= 4 is 0 Å². The Kier molecular flexibility index (Phi) is 5.46. The highest BCUT2D eigenvalue weighted by molar-refractivity contribution is 4.87. The van der Waals surface area contributed by atoms with Gasteiger partial charge >= 0.3 is 0 Å². The first-order valence-electron chi connectivity index (χ1n) is 6.18. The maximum atomic E-state index is 4.29. The molecule has 0 saturated carbocycles. The van der Waals surface area contributed by atoms with Crippen molar-refractivity contribution in [2.75, 3.05) is 13.1 Å². The van der Waals surface area contributed by atoms with Gasteiger partial charge in [0.2, 0.25) is 0 Å². The van der Waals surface area contributed by atoms with E-state index in [0.717, 1.165) is 25.3 Å². The molecular weight excluding hydrogens is 200 g/mol. The standard InChI is InChI=1S/C12H24N4/c1-5-6-13-8-11(10(2)3)7-12-14-9-15-16(12)4/h9-11,13H,5-8H2,1-4H3. The maximum Gasteiger partial charge on any atom is 0.138 e. The lowest BCUT2D eigenvalue weighted by Gasteiger charge is -2.20. The second-order valence-electron chi connectivity index (χ2n) is 4.71. The van der Waals surface area contributed by atoms with Crippen LogP contribution in [0.3, 0.4) is 0 Å². The van der Waals surface area contributed by atoms with E-state index in [1.54, 1.807) is 6.33 Å². The van der Waals surface area contributed by atoms with Gasteiger partial charge in [0.25, 0.3) is 0 Å². The molecule has 1 aromatic rings. The molecule has 0 saturated heterocycles. The Morgan fingerprint density at radius 1 is 1.44 bits per heavy atom. The van der Waals surface area contributed by atoms with Gasteiger partial charge in [-0.3, -0.25) is 4.68 Å². The van der Waals surface area contributed by atoms with Crippen molar-refractivity contribution in [1.29, 1.82) is 0 Å². The molecule has 1 atom stereocenters. The summed E-state index contributed by atoms with van der Waals surface area (Å²) in [6, 6.07) is 0. The Balaban J connectivity index is 2.48. The van der Waals surface area contributed by atoms with Crippen LogP contribution in [-0.2, 0) is 13.5 Å². The maximum absolute atomic E-state index is 4.29. The third kappa shape index (κ3) is 3.93. The van der Waals surface area contributed by atoms with Gasteiger partial charge in [0.05, 0.1) is 0 Å². The van der Waals surface area contributed by atoms with Crippen LogP contribution in [0.1, 0.15) is 33.0 Å². The van der Waals surface area contributed by atoms with E-state index in [2.05, 4.69) is 36.2 Å². The summed E-state index contributed by atoms with van der Waals surface area (Å²) in [6.07, 6.45) is 3.83. The number of hydrogen-bond donors (Lipinski definition) is 1. The topological polar surface area (TPSA) is 42.7 Å². The Bertz CT molecular complexity index is 293. The lowest BCUT2D eigenvalue weighted by atomic mass is 9.92. The van der Waals surface area contributed by atoms with E-state index in [9.17, 15) is 0 Å². The summed E-state index contributed by atoms with van der Waals surface area (Å²) in [5.41, 5.74) is 0. The van der Waals surface area contributed by atoms with Crippen LogP contribution in [-0.4, -0.2) is 27.9 Å². The number of aromatic nitrogens is 3. The van der Waals surface area contributed by atoms with Crippen molar-refractivity contribution in [2.24, 2.45) is 18.9 Å². The zero-order valence-electron chi connectivity index (χ0n) is 10.9. The second kappa shape index (κ2) is 6.63. The molecule has 1 heterocycles. The summed E-state index contributed by atoms with van der Waals surface area (Å²) in [7, 11) is 1.96. The molecule has 1 unspecified atom stereocenters. The van der Waals surface area contributed by atoms with Gasteiger partial charge in [0, 0.05) is 13.5 Å². The average Bonchev–Trinajstić information content (AvgIpc) is 2.63. The first-order valence-corrected chi connectivity index (χ1v) is 6.18. The molecule has 0 bridgehead atoms. The van der Waals surface area contributed by atoms with E-state index in [0.29, 0.717) is 11.8 Å². The highest BCUT2D eigenvalue weighted by Gasteiger charge is 2.16. The highest BCUT2D eigenvalue weighted by Crippen LogP contribution is 2.14. The van der Waals surface area contributed by atoms with Crippen LogP contribution in [0.25, 0.3) is 0 Å². The lowest BCUT2D eigenvalue weighted by Crippen LogP contribution is -2.29. The van der Waals surface area contributed by atoms with Gasteiger partial charge in [-0.25, -0.2) is 4.98 Å². The average molecular weight is 224 g/mol. The molecular formula is C12H24N4. The predicted molar refractivity (Wildman–Crippen MR) is 66.2 cm³/mol. The van der Waals surface area contributed by atoms with Gasteiger partial charge < -0.3 is 5.32 Å². The number of aryl methyl sites for hydroxylation is 1. The molecule has 92 valence electrons. The van der Waals surface area contributed by atoms with Gasteiger partial charge in [-0.15, -0.1) is 0 Å². The Labute approximate surface area is 98.5 Å². The number of rotatable bonds is 7. The number of hydrogen-bond acceptors (Lipinski definition) is 3. The molecule has 0 aliphatic rings. The normalized spacial score (nSPS) is 13.3. The van der Waals surface area contributed by atoms with E-state index in [4.69, 9.17) is 0 Å². The van der Waals surface area contributed by atoms with E-state index in [-0.39, 0.29) is 0 Å². The fourth-order valence-electron chi connectivity index (χ4n) is 1.75. The molecule has 0 amide bonds. The van der Waals surface area contributed by atoms with Crippen LogP contribution < -0.4 is 5.32 Å². The fraction of sp³-hybridized carbons (Fsp3) is 0.833. The molecule has 16 heavy (non-hydrogen) atoms. The summed E-state index contributed by atoms with van der Waals surface area (Å²) in [4.78, 5) is 4.29. The van der Waals surface area contributed by atoms with Crippen molar-refractivity contribution in [2.45, 2.75) is 33.6 Å². The van der Waals surface area contributed by atoms with Crippen molar-refractivity contribution in [3.8, 4) is 0 Å². The summed E-state index contributed by atoms with van der Waals surface area (Å²) in [5.74, 6) is 2.38. The quantitative estimate of drug-likeness (QED) is 0.716. The molecule has 1 rings (SSSR count). The van der Waals surface area contributed by atoms with E-state index in [1.165, 1.54) is 6.42 Å². The van der Waals surface area contributed by atoms with Gasteiger partial charge in [-0.2, -0.15) is 5.10 Å². The molecule has 1 N–H and O–H groups in total. The molecule has 0 aliphatic carbocycles. The van der Waals surface area contributed by atoms with Gasteiger partial charge in [0.15, 0.2) is 0 Å². The van der Waals surface area contributed by atoms with E-state index < -0.39 is 0 Å². The third-order valence-corrected chi connectivity index (χ3v) is 3.03. The molecule has 4 nitrogen and oxygen atoms in total. The van der Waals surface area contributed by atoms with Crippen molar-refractivity contribution in [3.63, 3.8) is 0 Å². The van der Waals surface area contributed by atoms with Crippen LogP contribution in [0.5, 0.6) is 0 Å². The summed E-state index contributed by atoms with van der Waals surface area (Å²) >= 11 is 0. The zero-order chi connectivity index (χ0) is 12.0. The predicted octanol–water partition coefficient (Wildman–Crippen LogP) is 1.63. The fourth-order valence-corrected chi connectivity index (χ4v) is 1.75. The molecule has 0 spiro atoms. The van der Waals surface area contributed by atoms with Crippen LogP contribution in [0.15, 0.2) is 6.33 Å². The molecule has 0 radical (unpaired) electrons. The molecule has 0 aromatic carbocycles. The van der Waals surface area contributed by atoms with Crippen LogP contribution >= 0.6 is 0 Å². The Morgan fingerprint density at radius 2 is 2.19 bits per heavy atom. The summed E-state index contributed by atoms with van der Waals surface area (Å²) in [6.45, 7) is 8.91. The van der Waals surface area contributed by atoms with E-state index in [1.807, 2.05) is 11.7 Å². The minimum Gasteiger partial charge on any atom is -0.316 e. The first-order chi connectivity index (χ1) is 7.65. The van der Waals surface area contributed by atoms with Crippen molar-refractivity contribution < 1.29 is 0 Å².